The van der Waals surface area contributed by atoms with Crippen LogP contribution in [0.1, 0.15) is 18.9 Å². The van der Waals surface area contributed by atoms with Crippen molar-refractivity contribution in [3.63, 3.8) is 0 Å². The highest BCUT2D eigenvalue weighted by atomic mass is 32.1. The number of thiophene rings is 1. The molecule has 0 spiro atoms. The van der Waals surface area contributed by atoms with Crippen LogP contribution in [0, 0.1) is 5.92 Å². The van der Waals surface area contributed by atoms with Gasteiger partial charge in [0.25, 0.3) is 0 Å². The van der Waals surface area contributed by atoms with E-state index in [2.05, 4.69) is 259 Å². The number of para-hydroxylation sites is 3. The molecule has 2 heterocycles. The fraction of sp³-hybridized carbons (Fsp3) is 0.0462. The maximum atomic E-state index is 2.50. The Hall–Kier alpha value is -8.24. The van der Waals surface area contributed by atoms with E-state index >= 15 is 0 Å². The average molecular weight is 887 g/mol. The van der Waals surface area contributed by atoms with Gasteiger partial charge in [0, 0.05) is 48.0 Å². The molecule has 1 aliphatic rings. The Balaban J connectivity index is 1.03. The van der Waals surface area contributed by atoms with Crippen molar-refractivity contribution in [1.82, 2.24) is 4.57 Å². The second kappa shape index (κ2) is 16.6. The lowest BCUT2D eigenvalue weighted by Gasteiger charge is -2.29. The number of anilines is 3. The minimum absolute atomic E-state index is 0.427. The minimum atomic E-state index is 0.427. The van der Waals surface area contributed by atoms with Crippen molar-refractivity contribution in [2.45, 2.75) is 13.3 Å². The van der Waals surface area contributed by atoms with Crippen LogP contribution in [0.3, 0.4) is 0 Å². The fourth-order valence-electron chi connectivity index (χ4n) is 10.9. The van der Waals surface area contributed by atoms with E-state index in [-0.39, 0.29) is 0 Å². The second-order valence-corrected chi connectivity index (χ2v) is 19.2. The molecule has 0 N–H and O–H groups in total. The molecule has 0 fully saturated rings. The van der Waals surface area contributed by atoms with Crippen molar-refractivity contribution in [1.29, 1.82) is 0 Å². The minimum Gasteiger partial charge on any atom is -0.310 e. The zero-order valence-corrected chi connectivity index (χ0v) is 38.5. The Labute approximate surface area is 400 Å². The molecule has 322 valence electrons. The van der Waals surface area contributed by atoms with Crippen LogP contribution in [0.5, 0.6) is 0 Å². The van der Waals surface area contributed by atoms with Gasteiger partial charge in [0.05, 0.1) is 16.7 Å². The predicted molar refractivity (Wildman–Crippen MR) is 291 cm³/mol. The molecule has 0 aliphatic heterocycles. The van der Waals surface area contributed by atoms with Gasteiger partial charge in [-0.05, 0) is 128 Å². The summed E-state index contributed by atoms with van der Waals surface area (Å²) >= 11 is 1.93. The van der Waals surface area contributed by atoms with Crippen LogP contribution in [0.25, 0.3) is 93.4 Å². The first kappa shape index (κ1) is 40.1. The molecule has 0 amide bonds. The van der Waals surface area contributed by atoms with Gasteiger partial charge < -0.3 is 9.47 Å². The van der Waals surface area contributed by atoms with Crippen molar-refractivity contribution in [3.05, 3.63) is 252 Å². The number of nitrogens with zero attached hydrogens (tertiary/aromatic N) is 2. The van der Waals surface area contributed by atoms with E-state index in [0.29, 0.717) is 5.92 Å². The number of benzene rings is 10. The van der Waals surface area contributed by atoms with Gasteiger partial charge in [0.1, 0.15) is 0 Å². The van der Waals surface area contributed by atoms with E-state index in [4.69, 9.17) is 0 Å². The van der Waals surface area contributed by atoms with E-state index in [1.54, 1.807) is 0 Å². The van der Waals surface area contributed by atoms with Gasteiger partial charge >= 0.3 is 0 Å². The van der Waals surface area contributed by atoms with Crippen molar-refractivity contribution in [2.24, 2.45) is 5.92 Å². The van der Waals surface area contributed by atoms with E-state index in [9.17, 15) is 0 Å². The van der Waals surface area contributed by atoms with Gasteiger partial charge in [-0.25, -0.2) is 0 Å². The molecule has 0 radical (unpaired) electrons. The summed E-state index contributed by atoms with van der Waals surface area (Å²) in [5, 5.41) is 7.70. The lowest BCUT2D eigenvalue weighted by atomic mass is 9.89. The summed E-state index contributed by atoms with van der Waals surface area (Å²) in [4.78, 5) is 2.50. The Morgan fingerprint density at radius 3 is 1.88 bits per heavy atom. The summed E-state index contributed by atoms with van der Waals surface area (Å²) in [7, 11) is 0. The van der Waals surface area contributed by atoms with Crippen LogP contribution >= 0.6 is 11.3 Å². The van der Waals surface area contributed by atoms with Crippen molar-refractivity contribution in [3.8, 4) is 39.1 Å². The van der Waals surface area contributed by atoms with Gasteiger partial charge in [-0.15, -0.1) is 11.3 Å². The topological polar surface area (TPSA) is 8.17 Å². The molecule has 3 heteroatoms. The summed E-state index contributed by atoms with van der Waals surface area (Å²) in [6.07, 6.45) is 3.48. The molecular weight excluding hydrogens is 841 g/mol. The van der Waals surface area contributed by atoms with E-state index < -0.39 is 0 Å². The van der Waals surface area contributed by atoms with Crippen LogP contribution in [-0.2, 0) is 0 Å². The SMILES string of the molecule is CC1C=c2c(sc3ccccc23)=C(c2cccc(N(c3cccc(-c4ccc5c6ccccc6n(-c6ccccc6)c5c4)c3)c3ccccc3-c3cccc4cccc(-c5ccccc5)c34)c2)C1. The zero-order chi connectivity index (χ0) is 45.1. The molecule has 13 rings (SSSR count). The van der Waals surface area contributed by atoms with E-state index in [1.165, 1.54) is 91.4 Å². The lowest BCUT2D eigenvalue weighted by molar-refractivity contribution is 0.789. The fourth-order valence-corrected chi connectivity index (χ4v) is 12.1. The third-order valence-electron chi connectivity index (χ3n) is 13.9. The first-order valence-electron chi connectivity index (χ1n) is 23.6. The molecule has 10 aromatic carbocycles. The van der Waals surface area contributed by atoms with Gasteiger partial charge in [0.15, 0.2) is 0 Å². The van der Waals surface area contributed by atoms with E-state index in [1.807, 2.05) is 11.3 Å². The Bertz CT molecular complexity index is 4020. The molecule has 0 bridgehead atoms. The first-order chi connectivity index (χ1) is 33.6. The number of hydrogen-bond acceptors (Lipinski definition) is 2. The van der Waals surface area contributed by atoms with Gasteiger partial charge in [-0.3, -0.25) is 0 Å². The second-order valence-electron chi connectivity index (χ2n) is 18.1. The quantitative estimate of drug-likeness (QED) is 0.148. The maximum Gasteiger partial charge on any atom is 0.0547 e. The van der Waals surface area contributed by atoms with Crippen LogP contribution < -0.4 is 14.7 Å². The normalized spacial score (nSPS) is 13.5. The molecule has 12 aromatic rings. The molecule has 2 aromatic heterocycles. The van der Waals surface area contributed by atoms with Crippen LogP contribution in [0.2, 0.25) is 0 Å². The molecule has 0 saturated carbocycles. The number of hydrogen-bond donors (Lipinski definition) is 0. The number of fused-ring (bicyclic) bond motifs is 7. The monoisotopic (exact) mass is 886 g/mol. The Morgan fingerprint density at radius 2 is 1.06 bits per heavy atom. The van der Waals surface area contributed by atoms with Crippen LogP contribution in [0.4, 0.5) is 17.1 Å². The van der Waals surface area contributed by atoms with Gasteiger partial charge in [-0.2, -0.15) is 0 Å². The number of rotatable bonds is 8. The Kier molecular flexibility index (Phi) is 9.77. The smallest absolute Gasteiger partial charge is 0.0547 e. The molecule has 68 heavy (non-hydrogen) atoms. The highest BCUT2D eigenvalue weighted by Crippen LogP contribution is 2.46. The van der Waals surface area contributed by atoms with Crippen molar-refractivity contribution >= 4 is 82.7 Å². The average Bonchev–Trinajstić information content (AvgIpc) is 3.94. The van der Waals surface area contributed by atoms with Gasteiger partial charge in [0.2, 0.25) is 0 Å². The lowest BCUT2D eigenvalue weighted by Crippen LogP contribution is -2.27. The molecule has 1 atom stereocenters. The summed E-state index contributed by atoms with van der Waals surface area (Å²) in [6.45, 7) is 2.36. The predicted octanol–water partition coefficient (Wildman–Crippen LogP) is 16.6. The van der Waals surface area contributed by atoms with Crippen LogP contribution in [-0.4, -0.2) is 4.57 Å². The Morgan fingerprint density at radius 1 is 0.456 bits per heavy atom. The molecule has 2 nitrogen and oxygen atoms in total. The third kappa shape index (κ3) is 6.77. The standard InChI is InChI=1S/C65H46N2S/c1-43-38-58(65-59(39-43)56-30-10-13-35-63(56)68-65)48-23-15-27-51(41-48)66(60-33-11-9-29-54(60)57-32-17-21-45-20-16-31-52(64(45)57)44-18-4-2-5-19-44)50-26-14-22-46(40-50)47-36-37-55-53-28-8-12-34-61(53)67(62(55)42-47)49-24-6-3-7-25-49/h2-37,39-43H,38H2,1H3. The summed E-state index contributed by atoms with van der Waals surface area (Å²) in [6, 6.07) is 87.1. The largest absolute Gasteiger partial charge is 0.310 e. The zero-order valence-electron chi connectivity index (χ0n) is 37.7. The van der Waals surface area contributed by atoms with Crippen molar-refractivity contribution in [2.75, 3.05) is 4.90 Å². The first-order valence-corrected chi connectivity index (χ1v) is 24.4. The maximum absolute atomic E-state index is 2.50. The number of aromatic nitrogens is 1. The molecule has 1 unspecified atom stereocenters. The molecule has 0 saturated heterocycles. The molecule has 1 aliphatic carbocycles. The van der Waals surface area contributed by atoms with Crippen LogP contribution in [0.15, 0.2) is 237 Å². The van der Waals surface area contributed by atoms with E-state index in [0.717, 1.165) is 34.7 Å². The highest BCUT2D eigenvalue weighted by molar-refractivity contribution is 7.17. The summed E-state index contributed by atoms with van der Waals surface area (Å²) in [5.74, 6) is 0.427. The summed E-state index contributed by atoms with van der Waals surface area (Å²) in [5.41, 5.74) is 16.7. The molecular formula is C65H46N2S. The summed E-state index contributed by atoms with van der Waals surface area (Å²) < 4.78 is 5.14. The van der Waals surface area contributed by atoms with Gasteiger partial charge in [-0.1, -0.05) is 189 Å². The van der Waals surface area contributed by atoms with Crippen molar-refractivity contribution < 1.29 is 0 Å². The highest BCUT2D eigenvalue weighted by Gasteiger charge is 2.23. The third-order valence-corrected chi connectivity index (χ3v) is 15.1.